The van der Waals surface area contributed by atoms with E-state index in [0.29, 0.717) is 18.2 Å². The molecule has 0 spiro atoms. The zero-order valence-corrected chi connectivity index (χ0v) is 14.9. The monoisotopic (exact) mass is 351 g/mol. The zero-order valence-electron chi connectivity index (χ0n) is 14.9. The van der Waals surface area contributed by atoms with Crippen molar-refractivity contribution in [1.29, 1.82) is 0 Å². The van der Waals surface area contributed by atoms with E-state index < -0.39 is 0 Å². The summed E-state index contributed by atoms with van der Waals surface area (Å²) < 4.78 is 18.6. The van der Waals surface area contributed by atoms with Crippen LogP contribution in [0.2, 0.25) is 0 Å². The largest absolute Gasteiger partial charge is 0.423 e. The molecule has 134 valence electrons. The lowest BCUT2D eigenvalue weighted by Crippen LogP contribution is -2.25. The van der Waals surface area contributed by atoms with Crippen LogP contribution in [-0.4, -0.2) is 10.9 Å². The Morgan fingerprint density at radius 1 is 1.04 bits per heavy atom. The van der Waals surface area contributed by atoms with Crippen molar-refractivity contribution in [3.05, 3.63) is 81.5 Å². The lowest BCUT2D eigenvalue weighted by atomic mass is 10.1. The van der Waals surface area contributed by atoms with Gasteiger partial charge in [-0.2, -0.15) is 0 Å². The molecule has 1 aromatic heterocycles. The minimum Gasteiger partial charge on any atom is -0.423 e. The third kappa shape index (κ3) is 3.70. The van der Waals surface area contributed by atoms with E-state index >= 15 is 0 Å². The number of rotatable bonds is 6. The topological polar surface area (TPSA) is 33.5 Å². The summed E-state index contributed by atoms with van der Waals surface area (Å²) in [5.41, 5.74) is 3.58. The normalized spacial score (nSPS) is 14.3. The molecule has 0 amide bonds. The molecule has 1 aliphatic rings. The first kappa shape index (κ1) is 17.0. The fourth-order valence-corrected chi connectivity index (χ4v) is 3.42. The van der Waals surface area contributed by atoms with Crippen LogP contribution in [-0.2, 0) is 19.5 Å². The van der Waals surface area contributed by atoms with Crippen LogP contribution in [0.3, 0.4) is 0 Å². The average molecular weight is 351 g/mol. The maximum absolute atomic E-state index is 13.2. The van der Waals surface area contributed by atoms with Crippen LogP contribution in [0.5, 0.6) is 0 Å². The maximum atomic E-state index is 13.2. The Hall–Kier alpha value is -2.46. The fraction of sp³-hybridized carbons (Fsp3) is 0.318. The van der Waals surface area contributed by atoms with E-state index in [0.717, 1.165) is 35.0 Å². The van der Waals surface area contributed by atoms with Gasteiger partial charge < -0.3 is 4.42 Å². The highest BCUT2D eigenvalue weighted by molar-refractivity contribution is 5.80. The molecule has 0 bridgehead atoms. The van der Waals surface area contributed by atoms with E-state index in [1.54, 1.807) is 6.07 Å². The summed E-state index contributed by atoms with van der Waals surface area (Å²) in [4.78, 5) is 14.4. The van der Waals surface area contributed by atoms with Crippen LogP contribution in [0.15, 0.2) is 57.7 Å². The average Bonchev–Trinajstić information content (AvgIpc) is 3.47. The second-order valence-corrected chi connectivity index (χ2v) is 7.04. The van der Waals surface area contributed by atoms with Gasteiger partial charge in [0.2, 0.25) is 0 Å². The van der Waals surface area contributed by atoms with Crippen LogP contribution < -0.4 is 5.63 Å². The number of hydrogen-bond donors (Lipinski definition) is 0. The van der Waals surface area contributed by atoms with Crippen molar-refractivity contribution in [2.75, 3.05) is 0 Å². The highest BCUT2D eigenvalue weighted by atomic mass is 19.1. The minimum atomic E-state index is -0.307. The number of halogens is 1. The quantitative estimate of drug-likeness (QED) is 0.606. The first-order chi connectivity index (χ1) is 12.6. The van der Waals surface area contributed by atoms with Gasteiger partial charge in [0.1, 0.15) is 11.4 Å². The van der Waals surface area contributed by atoms with E-state index in [1.165, 1.54) is 25.0 Å². The molecule has 1 fully saturated rings. The SMILES string of the molecule is CCc1ccc2c(CN(Cc3ccc(F)cc3)C3CC3)cc(=O)oc2c1. The first-order valence-electron chi connectivity index (χ1n) is 9.16. The highest BCUT2D eigenvalue weighted by Gasteiger charge is 2.29. The summed E-state index contributed by atoms with van der Waals surface area (Å²) in [6.45, 7) is 3.52. The van der Waals surface area contributed by atoms with Gasteiger partial charge in [-0.3, -0.25) is 4.90 Å². The predicted octanol–water partition coefficient (Wildman–Crippen LogP) is 4.66. The number of nitrogens with zero attached hydrogens (tertiary/aromatic N) is 1. The number of fused-ring (bicyclic) bond motifs is 1. The van der Waals surface area contributed by atoms with Crippen LogP contribution in [0, 0.1) is 5.82 Å². The summed E-state index contributed by atoms with van der Waals surface area (Å²) in [5, 5.41) is 0.992. The van der Waals surface area contributed by atoms with Gasteiger partial charge in [0, 0.05) is 30.6 Å². The standard InChI is InChI=1S/C22H22FNO2/c1-2-15-5-10-20-17(12-22(25)26-21(20)11-15)14-24(19-8-9-19)13-16-3-6-18(23)7-4-16/h3-7,10-12,19H,2,8-9,13-14H2,1H3. The second-order valence-electron chi connectivity index (χ2n) is 7.04. The lowest BCUT2D eigenvalue weighted by molar-refractivity contribution is 0.246. The van der Waals surface area contributed by atoms with Gasteiger partial charge in [0.25, 0.3) is 0 Å². The summed E-state index contributed by atoms with van der Waals surface area (Å²) in [5.74, 6) is -0.217. The summed E-state index contributed by atoms with van der Waals surface area (Å²) in [6.07, 6.45) is 3.24. The van der Waals surface area contributed by atoms with Crippen LogP contribution in [0.4, 0.5) is 4.39 Å². The van der Waals surface area contributed by atoms with E-state index in [2.05, 4.69) is 24.0 Å². The molecule has 0 N–H and O–H groups in total. The summed E-state index contributed by atoms with van der Waals surface area (Å²) >= 11 is 0. The molecule has 3 aromatic rings. The minimum absolute atomic E-state index is 0.217. The molecule has 2 aromatic carbocycles. The third-order valence-electron chi connectivity index (χ3n) is 5.04. The Labute approximate surface area is 152 Å². The van der Waals surface area contributed by atoms with Gasteiger partial charge in [-0.05, 0) is 54.2 Å². The molecule has 0 unspecified atom stereocenters. The van der Waals surface area contributed by atoms with E-state index in [9.17, 15) is 9.18 Å². The van der Waals surface area contributed by atoms with Crippen molar-refractivity contribution in [3.63, 3.8) is 0 Å². The van der Waals surface area contributed by atoms with E-state index in [4.69, 9.17) is 4.42 Å². The van der Waals surface area contributed by atoms with Gasteiger partial charge in [-0.1, -0.05) is 31.2 Å². The smallest absolute Gasteiger partial charge is 0.336 e. The molecule has 0 atom stereocenters. The number of aryl methyl sites for hydroxylation is 1. The van der Waals surface area contributed by atoms with Gasteiger partial charge in [0.15, 0.2) is 0 Å². The van der Waals surface area contributed by atoms with Gasteiger partial charge in [-0.15, -0.1) is 0 Å². The Kier molecular flexibility index (Phi) is 4.60. The maximum Gasteiger partial charge on any atom is 0.336 e. The van der Waals surface area contributed by atoms with Crippen molar-refractivity contribution in [1.82, 2.24) is 4.90 Å². The van der Waals surface area contributed by atoms with Crippen molar-refractivity contribution in [3.8, 4) is 0 Å². The predicted molar refractivity (Wildman–Crippen MR) is 101 cm³/mol. The molecule has 1 heterocycles. The van der Waals surface area contributed by atoms with Gasteiger partial charge in [-0.25, -0.2) is 9.18 Å². The van der Waals surface area contributed by atoms with Crippen molar-refractivity contribution < 1.29 is 8.81 Å². The molecule has 0 radical (unpaired) electrons. The van der Waals surface area contributed by atoms with Crippen LogP contribution >= 0.6 is 0 Å². The third-order valence-corrected chi connectivity index (χ3v) is 5.04. The highest BCUT2D eigenvalue weighted by Crippen LogP contribution is 2.31. The summed E-state index contributed by atoms with van der Waals surface area (Å²) in [6, 6.07) is 14.9. The molecule has 0 saturated heterocycles. The Morgan fingerprint density at radius 3 is 2.46 bits per heavy atom. The zero-order chi connectivity index (χ0) is 18.1. The van der Waals surface area contributed by atoms with Crippen LogP contribution in [0.25, 0.3) is 11.0 Å². The van der Waals surface area contributed by atoms with E-state index in [1.807, 2.05) is 18.2 Å². The van der Waals surface area contributed by atoms with Crippen LogP contribution in [0.1, 0.15) is 36.5 Å². The molecule has 3 nitrogen and oxygen atoms in total. The molecular formula is C22H22FNO2. The Morgan fingerprint density at radius 2 is 1.77 bits per heavy atom. The van der Waals surface area contributed by atoms with Gasteiger partial charge in [0.05, 0.1) is 0 Å². The molecule has 4 rings (SSSR count). The molecule has 1 aliphatic carbocycles. The van der Waals surface area contributed by atoms with Crippen molar-refractivity contribution >= 4 is 11.0 Å². The molecular weight excluding hydrogens is 329 g/mol. The Balaban J connectivity index is 1.65. The second kappa shape index (κ2) is 7.04. The number of benzene rings is 2. The first-order valence-corrected chi connectivity index (χ1v) is 9.16. The molecule has 26 heavy (non-hydrogen) atoms. The molecule has 4 heteroatoms. The molecule has 1 saturated carbocycles. The van der Waals surface area contributed by atoms with Crippen molar-refractivity contribution in [2.24, 2.45) is 0 Å². The fourth-order valence-electron chi connectivity index (χ4n) is 3.42. The van der Waals surface area contributed by atoms with Gasteiger partial charge >= 0.3 is 5.63 Å². The Bertz CT molecular complexity index is 974. The number of hydrogen-bond acceptors (Lipinski definition) is 3. The lowest BCUT2D eigenvalue weighted by Gasteiger charge is -2.23. The summed E-state index contributed by atoms with van der Waals surface area (Å²) in [7, 11) is 0. The van der Waals surface area contributed by atoms with E-state index in [-0.39, 0.29) is 11.4 Å². The molecule has 0 aliphatic heterocycles. The van der Waals surface area contributed by atoms with Crippen molar-refractivity contribution in [2.45, 2.75) is 45.3 Å².